The van der Waals surface area contributed by atoms with E-state index in [-0.39, 0.29) is 24.6 Å². The van der Waals surface area contributed by atoms with Crippen LogP contribution in [0.5, 0.6) is 0 Å². The Morgan fingerprint density at radius 2 is 1.88 bits per heavy atom. The zero-order valence-corrected chi connectivity index (χ0v) is 14.1. The van der Waals surface area contributed by atoms with E-state index in [9.17, 15) is 4.79 Å². The Labute approximate surface area is 147 Å². The van der Waals surface area contributed by atoms with Crippen LogP contribution in [0.25, 0.3) is 0 Å². The van der Waals surface area contributed by atoms with Gasteiger partial charge in [-0.05, 0) is 29.7 Å². The maximum absolute atomic E-state index is 12.0. The first-order valence-corrected chi connectivity index (χ1v) is 8.51. The van der Waals surface area contributed by atoms with Crippen LogP contribution in [0.15, 0.2) is 54.6 Å². The van der Waals surface area contributed by atoms with Gasteiger partial charge in [0.25, 0.3) is 0 Å². The van der Waals surface area contributed by atoms with Crippen molar-refractivity contribution in [2.24, 2.45) is 0 Å². The summed E-state index contributed by atoms with van der Waals surface area (Å²) in [7, 11) is 0. The zero-order chi connectivity index (χ0) is 16.8. The highest BCUT2D eigenvalue weighted by atomic mass is 35.5. The van der Waals surface area contributed by atoms with E-state index in [1.165, 1.54) is 0 Å². The second kappa shape index (κ2) is 8.29. The fraction of sp³-hybridized carbons (Fsp3) is 0.316. The van der Waals surface area contributed by atoms with Crippen molar-refractivity contribution in [3.8, 4) is 0 Å². The van der Waals surface area contributed by atoms with Gasteiger partial charge >= 0.3 is 0 Å². The van der Waals surface area contributed by atoms with Gasteiger partial charge in [0.05, 0.1) is 12.6 Å². The monoisotopic (exact) mass is 344 g/mol. The number of halogens is 1. The van der Waals surface area contributed by atoms with Crippen LogP contribution >= 0.6 is 11.6 Å². The van der Waals surface area contributed by atoms with Gasteiger partial charge in [-0.15, -0.1) is 0 Å². The highest BCUT2D eigenvalue weighted by Gasteiger charge is 2.29. The number of benzene rings is 2. The molecule has 0 radical (unpaired) electrons. The van der Waals surface area contributed by atoms with Crippen molar-refractivity contribution >= 4 is 17.5 Å². The molecule has 0 saturated carbocycles. The first-order chi connectivity index (χ1) is 11.7. The summed E-state index contributed by atoms with van der Waals surface area (Å²) in [6.07, 6.45) is 0.850. The zero-order valence-electron chi connectivity index (χ0n) is 13.4. The predicted octanol–water partition coefficient (Wildman–Crippen LogP) is 3.08. The first-order valence-electron chi connectivity index (χ1n) is 8.13. The van der Waals surface area contributed by atoms with E-state index in [1.54, 1.807) is 0 Å². The molecule has 1 heterocycles. The molecule has 0 aromatic heterocycles. The Morgan fingerprint density at radius 1 is 1.12 bits per heavy atom. The number of nitrogens with one attached hydrogen (secondary N) is 2. The van der Waals surface area contributed by atoms with Crippen LogP contribution in [0.3, 0.4) is 0 Å². The minimum absolute atomic E-state index is 0.0133. The summed E-state index contributed by atoms with van der Waals surface area (Å²) in [5, 5.41) is 6.95. The van der Waals surface area contributed by atoms with Gasteiger partial charge in [-0.3, -0.25) is 4.79 Å². The van der Waals surface area contributed by atoms with Crippen LogP contribution in [-0.2, 0) is 16.1 Å². The van der Waals surface area contributed by atoms with Gasteiger partial charge in [-0.2, -0.15) is 0 Å². The van der Waals surface area contributed by atoms with E-state index in [4.69, 9.17) is 16.3 Å². The number of hydrogen-bond donors (Lipinski definition) is 2. The summed E-state index contributed by atoms with van der Waals surface area (Å²) < 4.78 is 5.82. The lowest BCUT2D eigenvalue weighted by molar-refractivity contribution is -0.120. The van der Waals surface area contributed by atoms with Gasteiger partial charge in [-0.1, -0.05) is 54.1 Å². The molecule has 1 saturated heterocycles. The molecule has 2 atom stereocenters. The van der Waals surface area contributed by atoms with Crippen molar-refractivity contribution in [3.63, 3.8) is 0 Å². The van der Waals surface area contributed by atoms with Crippen molar-refractivity contribution in [1.82, 2.24) is 10.6 Å². The smallest absolute Gasteiger partial charge is 0.234 e. The molecule has 2 aromatic rings. The second-order valence-corrected chi connectivity index (χ2v) is 6.32. The molecule has 2 aromatic carbocycles. The summed E-state index contributed by atoms with van der Waals surface area (Å²) in [6.45, 7) is 1.52. The number of carbonyl (C=O) groups is 1. The third kappa shape index (κ3) is 4.57. The highest BCUT2D eigenvalue weighted by Crippen LogP contribution is 2.29. The molecular weight excluding hydrogens is 324 g/mol. The van der Waals surface area contributed by atoms with Gasteiger partial charge in [0.2, 0.25) is 5.91 Å². The summed E-state index contributed by atoms with van der Waals surface area (Å²) in [5.41, 5.74) is 2.17. The van der Waals surface area contributed by atoms with E-state index < -0.39 is 0 Å². The van der Waals surface area contributed by atoms with Crippen molar-refractivity contribution < 1.29 is 9.53 Å². The van der Waals surface area contributed by atoms with E-state index in [0.29, 0.717) is 18.2 Å². The number of rotatable bonds is 6. The second-order valence-electron chi connectivity index (χ2n) is 5.88. The van der Waals surface area contributed by atoms with Crippen LogP contribution in [-0.4, -0.2) is 25.1 Å². The fourth-order valence-electron chi connectivity index (χ4n) is 2.86. The lowest BCUT2D eigenvalue weighted by Gasteiger charge is -2.20. The number of amides is 1. The molecule has 0 bridgehead atoms. The molecule has 126 valence electrons. The van der Waals surface area contributed by atoms with Crippen molar-refractivity contribution in [1.29, 1.82) is 0 Å². The molecule has 1 aliphatic rings. The highest BCUT2D eigenvalue weighted by molar-refractivity contribution is 6.30. The van der Waals surface area contributed by atoms with Gasteiger partial charge in [-0.25, -0.2) is 0 Å². The fourth-order valence-corrected chi connectivity index (χ4v) is 2.99. The molecule has 5 heteroatoms. The Balaban J connectivity index is 1.48. The molecule has 0 spiro atoms. The topological polar surface area (TPSA) is 50.4 Å². The molecule has 0 aliphatic carbocycles. The van der Waals surface area contributed by atoms with Gasteiger partial charge in [0.15, 0.2) is 0 Å². The SMILES string of the molecule is O=C(CN[C@@H]1CCO[C@@H]1c1ccc(Cl)cc1)NCc1ccccc1. The molecule has 1 aliphatic heterocycles. The van der Waals surface area contributed by atoms with E-state index in [2.05, 4.69) is 10.6 Å². The quantitative estimate of drug-likeness (QED) is 0.846. The van der Waals surface area contributed by atoms with E-state index in [1.807, 2.05) is 54.6 Å². The van der Waals surface area contributed by atoms with Gasteiger partial charge in [0, 0.05) is 24.2 Å². The Kier molecular flexibility index (Phi) is 5.86. The number of carbonyl (C=O) groups excluding carboxylic acids is 1. The summed E-state index contributed by atoms with van der Waals surface area (Å²) in [4.78, 5) is 12.0. The molecule has 4 nitrogen and oxygen atoms in total. The predicted molar refractivity (Wildman–Crippen MR) is 94.8 cm³/mol. The van der Waals surface area contributed by atoms with E-state index >= 15 is 0 Å². The molecule has 24 heavy (non-hydrogen) atoms. The largest absolute Gasteiger partial charge is 0.372 e. The maximum Gasteiger partial charge on any atom is 0.234 e. The van der Waals surface area contributed by atoms with E-state index in [0.717, 1.165) is 17.5 Å². The Hall–Kier alpha value is -1.88. The van der Waals surface area contributed by atoms with Gasteiger partial charge < -0.3 is 15.4 Å². The van der Waals surface area contributed by atoms with Crippen LogP contribution in [0, 0.1) is 0 Å². The lowest BCUT2D eigenvalue weighted by atomic mass is 10.0. The summed E-state index contributed by atoms with van der Waals surface area (Å²) >= 11 is 5.93. The molecule has 3 rings (SSSR count). The van der Waals surface area contributed by atoms with Crippen LogP contribution < -0.4 is 10.6 Å². The molecular formula is C19H21ClN2O2. The lowest BCUT2D eigenvalue weighted by Crippen LogP contribution is -2.40. The summed E-state index contributed by atoms with van der Waals surface area (Å²) in [5.74, 6) is -0.0133. The Bertz CT molecular complexity index is 661. The molecule has 0 unspecified atom stereocenters. The van der Waals surface area contributed by atoms with Crippen molar-refractivity contribution in [2.45, 2.75) is 25.1 Å². The van der Waals surface area contributed by atoms with Crippen molar-refractivity contribution in [3.05, 3.63) is 70.7 Å². The van der Waals surface area contributed by atoms with Gasteiger partial charge in [0.1, 0.15) is 0 Å². The first kappa shape index (κ1) is 17.0. The standard InChI is InChI=1S/C19H21ClN2O2/c20-16-8-6-15(7-9-16)19-17(10-11-24-19)21-13-18(23)22-12-14-4-2-1-3-5-14/h1-9,17,19,21H,10-13H2,(H,22,23)/t17-,19-/m1/s1. The normalized spacial score (nSPS) is 20.0. The molecule has 1 amide bonds. The third-order valence-electron chi connectivity index (χ3n) is 4.15. The van der Waals surface area contributed by atoms with Crippen LogP contribution in [0.4, 0.5) is 0 Å². The van der Waals surface area contributed by atoms with Crippen molar-refractivity contribution in [2.75, 3.05) is 13.2 Å². The number of ether oxygens (including phenoxy) is 1. The minimum Gasteiger partial charge on any atom is -0.372 e. The average molecular weight is 345 g/mol. The average Bonchev–Trinajstić information content (AvgIpc) is 3.08. The van der Waals surface area contributed by atoms with Crippen LogP contribution in [0.1, 0.15) is 23.7 Å². The molecule has 1 fully saturated rings. The maximum atomic E-state index is 12.0. The van der Waals surface area contributed by atoms with Crippen LogP contribution in [0.2, 0.25) is 5.02 Å². The Morgan fingerprint density at radius 3 is 2.62 bits per heavy atom. The summed E-state index contributed by atoms with van der Waals surface area (Å²) in [6, 6.07) is 17.7. The third-order valence-corrected chi connectivity index (χ3v) is 4.40. The molecule has 2 N–H and O–H groups in total. The minimum atomic E-state index is -0.0378. The number of hydrogen-bond acceptors (Lipinski definition) is 3.